The molecule has 17 atom stereocenters. The van der Waals surface area contributed by atoms with Crippen LogP contribution in [0.5, 0.6) is 0 Å². The number of carbonyl (C=O) groups excluding carboxylic acids is 4. The molecule has 3 saturated heterocycles. The number of aliphatic hydroxyl groups excluding tert-OH is 12. The Kier molecular flexibility index (Phi) is 29.9. The van der Waals surface area contributed by atoms with Gasteiger partial charge in [0.15, 0.2) is 0 Å². The van der Waals surface area contributed by atoms with E-state index < -0.39 is 139 Å². The van der Waals surface area contributed by atoms with Crippen LogP contribution < -0.4 is 21.3 Å². The molecule has 3 rings (SSSR count). The lowest BCUT2D eigenvalue weighted by Crippen LogP contribution is -2.57. The van der Waals surface area contributed by atoms with Crippen molar-refractivity contribution in [2.24, 2.45) is 0 Å². The van der Waals surface area contributed by atoms with Crippen LogP contribution in [0.25, 0.3) is 0 Å². The van der Waals surface area contributed by atoms with E-state index in [1.807, 2.05) is 0 Å². The van der Waals surface area contributed by atoms with Crippen LogP contribution >= 0.6 is 35.3 Å². The Morgan fingerprint density at radius 1 is 0.464 bits per heavy atom. The Morgan fingerprint density at radius 2 is 0.797 bits per heavy atom. The SMILES string of the molecule is N#N.O=C(CCS[C@@H]1O[C@H](CO)[C@H](O)[C@H](O)[C@H]1O)NCCCC[C@H](NC(=O)[C@H](CCCCNC(=O)CCS[C@@H]1O[C@H](CO)[C@H](O)[C@H](O)[C@H]1O)NC(=O)CCS[C@@H]1O[C@H](CO)[C@H](O)[C@H](O)[C@H]1O)C(=O)O. The molecule has 0 unspecified atom stereocenters. The number of amides is 4. The maximum Gasteiger partial charge on any atom is 0.326 e. The first-order valence-corrected chi connectivity index (χ1v) is 25.3. The minimum Gasteiger partial charge on any atom is -0.480 e. The van der Waals surface area contributed by atoms with Crippen LogP contribution in [0, 0.1) is 10.8 Å². The summed E-state index contributed by atoms with van der Waals surface area (Å²) in [5.74, 6) is -3.18. The van der Waals surface area contributed by atoms with Crippen LogP contribution in [0.15, 0.2) is 0 Å². The van der Waals surface area contributed by atoms with E-state index >= 15 is 0 Å². The first-order valence-electron chi connectivity index (χ1n) is 22.2. The number of carboxylic acid groups (broad SMARTS) is 1. The van der Waals surface area contributed by atoms with Crippen LogP contribution in [0.2, 0.25) is 0 Å². The fourth-order valence-corrected chi connectivity index (χ4v) is 10.4. The zero-order valence-electron chi connectivity index (χ0n) is 37.5. The number of hydrogen-bond acceptors (Lipinski definition) is 25. The van der Waals surface area contributed by atoms with Crippen LogP contribution in [-0.2, 0) is 38.2 Å². The number of hydrogen-bond donors (Lipinski definition) is 17. The molecule has 0 saturated carbocycles. The first kappa shape index (κ1) is 62.3. The summed E-state index contributed by atoms with van der Waals surface area (Å²) in [6.45, 7) is -1.49. The minimum absolute atomic E-state index is 0.00685. The largest absolute Gasteiger partial charge is 0.480 e. The highest BCUT2D eigenvalue weighted by molar-refractivity contribution is 8.00. The molecule has 3 aliphatic rings. The molecule has 3 heterocycles. The van der Waals surface area contributed by atoms with Gasteiger partial charge in [-0.15, -0.1) is 35.3 Å². The maximum atomic E-state index is 13.5. The third-order valence-electron chi connectivity index (χ3n) is 11.1. The summed E-state index contributed by atoms with van der Waals surface area (Å²) in [7, 11) is 0. The quantitative estimate of drug-likeness (QED) is 0.0245. The van der Waals surface area contributed by atoms with Crippen molar-refractivity contribution >= 4 is 64.9 Å². The summed E-state index contributed by atoms with van der Waals surface area (Å²) in [6, 6.07) is -2.60. The van der Waals surface area contributed by atoms with Gasteiger partial charge in [0.05, 0.1) is 19.8 Å². The Bertz CT molecular complexity index is 1580. The number of carbonyl (C=O) groups is 5. The van der Waals surface area contributed by atoms with Gasteiger partial charge in [-0.2, -0.15) is 0 Å². The van der Waals surface area contributed by atoms with Gasteiger partial charge in [-0.3, -0.25) is 19.2 Å². The number of nitrogens with zero attached hydrogens (tertiary/aromatic N) is 2. The van der Waals surface area contributed by atoms with Gasteiger partial charge in [0.25, 0.3) is 0 Å². The lowest BCUT2D eigenvalue weighted by atomic mass is 10.0. The van der Waals surface area contributed by atoms with Gasteiger partial charge < -0.3 is 102 Å². The van der Waals surface area contributed by atoms with E-state index in [1.54, 1.807) is 0 Å². The van der Waals surface area contributed by atoms with Crippen LogP contribution in [0.1, 0.15) is 57.8 Å². The van der Waals surface area contributed by atoms with Gasteiger partial charge in [0.2, 0.25) is 23.6 Å². The standard InChI is InChI=1S/C39H68N4O21S3.N2/c44-15-20-26(50)29(53)32(56)37(62-20)65-12-7-23(47)40-10-3-1-5-18(42-25(49)9-14-67-39-34(58)31(55)28(52)22(17-46)64-39)35(59)43-19(36(60)61)6-2-4-11-41-24(48)8-13-66-38-33(57)30(54)27(51)21(16-45)63-38;1-2/h18-22,26-34,37-39,44-46,50-58H,1-17H2,(H,40,47)(H,41,48)(H,42,49)(H,43,59)(H,60,61);/t18-,19-,20+,21+,22+,26-,27-,28-,29-,30-,31-,32+,33+,34+,37-,38-,39-;/m0./s1. The third kappa shape index (κ3) is 20.3. The number of aliphatic hydroxyl groups is 12. The highest BCUT2D eigenvalue weighted by Gasteiger charge is 2.46. The van der Waals surface area contributed by atoms with Crippen molar-refractivity contribution in [1.29, 1.82) is 10.8 Å². The van der Waals surface area contributed by atoms with Crippen molar-refractivity contribution in [2.45, 2.75) is 159 Å². The molecule has 3 fully saturated rings. The normalized spacial score (nSPS) is 32.1. The number of carboxylic acids is 1. The van der Waals surface area contributed by atoms with E-state index in [2.05, 4.69) is 21.3 Å². The van der Waals surface area contributed by atoms with Crippen molar-refractivity contribution in [3.8, 4) is 0 Å². The Hall–Kier alpha value is -2.78. The molecular formula is C39H68N6O21S3. The summed E-state index contributed by atoms with van der Waals surface area (Å²) in [5, 5.41) is 151. The van der Waals surface area contributed by atoms with Gasteiger partial charge in [0, 0.05) is 60.4 Å². The first-order chi connectivity index (χ1) is 32.8. The van der Waals surface area contributed by atoms with Gasteiger partial charge in [-0.05, 0) is 38.5 Å². The van der Waals surface area contributed by atoms with E-state index in [0.29, 0.717) is 12.8 Å². The number of aliphatic carboxylic acids is 1. The number of nitrogens with one attached hydrogen (secondary N) is 4. The molecule has 0 spiro atoms. The molecule has 0 aromatic heterocycles. The van der Waals surface area contributed by atoms with Crippen LogP contribution in [-0.4, -0.2) is 248 Å². The van der Waals surface area contributed by atoms with E-state index in [9.17, 15) is 90.4 Å². The monoisotopic (exact) mass is 1050 g/mol. The van der Waals surface area contributed by atoms with Crippen LogP contribution in [0.3, 0.4) is 0 Å². The van der Waals surface area contributed by atoms with Crippen molar-refractivity contribution in [2.75, 3.05) is 50.2 Å². The number of thioether (sulfide) groups is 3. The predicted octanol–water partition coefficient (Wildman–Crippen LogP) is -6.59. The Labute approximate surface area is 409 Å². The third-order valence-corrected chi connectivity index (χ3v) is 14.6. The summed E-state index contributed by atoms with van der Waals surface area (Å²) >= 11 is 2.96. The molecule has 0 radical (unpaired) electrons. The molecule has 0 aromatic rings. The maximum absolute atomic E-state index is 13.5. The molecule has 30 heteroatoms. The fourth-order valence-electron chi connectivity index (χ4n) is 7.06. The van der Waals surface area contributed by atoms with Crippen LogP contribution in [0.4, 0.5) is 0 Å². The van der Waals surface area contributed by atoms with Gasteiger partial charge in [0.1, 0.15) is 102 Å². The van der Waals surface area contributed by atoms with Gasteiger partial charge >= 0.3 is 5.97 Å². The Balaban J connectivity index is 0.00000805. The lowest BCUT2D eigenvalue weighted by molar-refractivity contribution is -0.205. The summed E-state index contributed by atoms with van der Waals surface area (Å²) in [6.07, 6.45) is -16.1. The van der Waals surface area contributed by atoms with Gasteiger partial charge in [-0.25, -0.2) is 4.79 Å². The molecule has 0 bridgehead atoms. The average molecular weight is 1050 g/mol. The molecule has 0 aromatic carbocycles. The van der Waals surface area contributed by atoms with E-state index in [4.69, 9.17) is 25.0 Å². The smallest absolute Gasteiger partial charge is 0.326 e. The highest BCUT2D eigenvalue weighted by atomic mass is 32.2. The number of rotatable bonds is 29. The molecule has 69 heavy (non-hydrogen) atoms. The predicted molar refractivity (Wildman–Crippen MR) is 241 cm³/mol. The second kappa shape index (κ2) is 33.0. The topological polar surface area (TPSA) is 472 Å². The average Bonchev–Trinajstić information content (AvgIpc) is 3.33. The number of ether oxygens (including phenoxy) is 3. The summed E-state index contributed by atoms with van der Waals surface area (Å²) in [5.41, 5.74) is -3.09. The summed E-state index contributed by atoms with van der Waals surface area (Å²) in [4.78, 5) is 63.6. The fraction of sp³-hybridized carbons (Fsp3) is 0.872. The molecule has 0 aliphatic carbocycles. The molecule has 4 amide bonds. The zero-order chi connectivity index (χ0) is 51.8. The van der Waals surface area contributed by atoms with Crippen molar-refractivity contribution in [3.63, 3.8) is 0 Å². The second-order valence-electron chi connectivity index (χ2n) is 16.2. The molecular weight excluding hydrogens is 985 g/mol. The Morgan fingerprint density at radius 3 is 1.13 bits per heavy atom. The lowest BCUT2D eigenvalue weighted by Gasteiger charge is -2.39. The van der Waals surface area contributed by atoms with E-state index in [0.717, 1.165) is 35.3 Å². The highest BCUT2D eigenvalue weighted by Crippen LogP contribution is 2.31. The van der Waals surface area contributed by atoms with E-state index in [1.165, 1.54) is 0 Å². The molecule has 17 N–H and O–H groups in total. The van der Waals surface area contributed by atoms with Gasteiger partial charge in [-0.1, -0.05) is 0 Å². The van der Waals surface area contributed by atoms with Crippen molar-refractivity contribution in [3.05, 3.63) is 0 Å². The summed E-state index contributed by atoms with van der Waals surface area (Å²) < 4.78 is 16.3. The van der Waals surface area contributed by atoms with E-state index in [-0.39, 0.29) is 87.1 Å². The zero-order valence-corrected chi connectivity index (χ0v) is 40.0. The molecule has 3 aliphatic heterocycles. The number of unbranched alkanes of at least 4 members (excludes halogenated alkanes) is 2. The molecule has 27 nitrogen and oxygen atoms in total. The minimum atomic E-state index is -1.61. The molecule has 398 valence electrons. The van der Waals surface area contributed by atoms with Crippen molar-refractivity contribution in [1.82, 2.24) is 21.3 Å². The van der Waals surface area contributed by atoms with Crippen molar-refractivity contribution < 1.29 is 105 Å². The second-order valence-corrected chi connectivity index (χ2v) is 19.8.